The molecule has 5 nitrogen and oxygen atoms in total. The molecule has 2 amide bonds. The molecule has 6 heteroatoms. The Morgan fingerprint density at radius 3 is 2.23 bits per heavy atom. The number of rotatable bonds is 8. The molecule has 1 aliphatic carbocycles. The first kappa shape index (κ1) is 26.4. The fraction of sp³-hybridized carbons (Fsp3) is 0.667. The molecule has 1 aromatic rings. The quantitative estimate of drug-likeness (QED) is 0.533. The molecule has 1 aromatic carbocycles. The number of benzene rings is 1. The van der Waals surface area contributed by atoms with Gasteiger partial charge in [0.1, 0.15) is 0 Å². The van der Waals surface area contributed by atoms with E-state index in [1.54, 1.807) is 20.9 Å². The van der Waals surface area contributed by atoms with E-state index in [9.17, 15) is 9.59 Å². The summed E-state index contributed by atoms with van der Waals surface area (Å²) >= 11 is 6.13. The lowest BCUT2D eigenvalue weighted by Crippen LogP contribution is -2.36. The summed E-state index contributed by atoms with van der Waals surface area (Å²) in [6.07, 6.45) is 6.71. The van der Waals surface area contributed by atoms with E-state index in [1.807, 2.05) is 18.2 Å². The van der Waals surface area contributed by atoms with Crippen molar-refractivity contribution in [3.8, 4) is 0 Å². The molecule has 1 saturated carbocycles. The van der Waals surface area contributed by atoms with Crippen LogP contribution in [0.4, 0.5) is 0 Å². The largest absolute Gasteiger partial charge is 0.390 e. The predicted octanol–water partition coefficient (Wildman–Crippen LogP) is 5.02. The van der Waals surface area contributed by atoms with Crippen molar-refractivity contribution >= 4 is 23.4 Å². The number of nitrogens with one attached hydrogen (secondary N) is 2. The zero-order chi connectivity index (χ0) is 22.7. The van der Waals surface area contributed by atoms with Crippen molar-refractivity contribution in [2.24, 2.45) is 11.8 Å². The van der Waals surface area contributed by atoms with Gasteiger partial charge in [-0.05, 0) is 50.3 Å². The predicted molar refractivity (Wildman–Crippen MR) is 123 cm³/mol. The number of amides is 2. The Hall–Kier alpha value is -1.59. The maximum atomic E-state index is 12.5. The highest BCUT2D eigenvalue weighted by molar-refractivity contribution is 6.30. The first-order chi connectivity index (χ1) is 14.1. The molecule has 3 N–H and O–H groups in total. The van der Waals surface area contributed by atoms with Crippen LogP contribution < -0.4 is 10.6 Å². The third-order valence-electron chi connectivity index (χ3n) is 5.62. The minimum Gasteiger partial charge on any atom is -0.390 e. The molecule has 0 spiro atoms. The van der Waals surface area contributed by atoms with E-state index in [4.69, 9.17) is 16.7 Å². The second-order valence-corrected chi connectivity index (χ2v) is 9.20. The summed E-state index contributed by atoms with van der Waals surface area (Å²) in [5, 5.41) is 15.5. The van der Waals surface area contributed by atoms with Crippen molar-refractivity contribution in [1.29, 1.82) is 0 Å². The molecule has 1 aliphatic rings. The fourth-order valence-electron chi connectivity index (χ4n) is 3.87. The summed E-state index contributed by atoms with van der Waals surface area (Å²) in [7, 11) is 1.55. The van der Waals surface area contributed by atoms with E-state index in [0.717, 1.165) is 36.3 Å². The number of aliphatic hydroxyl groups is 1. The van der Waals surface area contributed by atoms with Gasteiger partial charge in [-0.2, -0.15) is 0 Å². The highest BCUT2D eigenvalue weighted by atomic mass is 35.5. The average molecular weight is 439 g/mol. The lowest BCUT2D eigenvalue weighted by atomic mass is 9.88. The maximum absolute atomic E-state index is 12.5. The van der Waals surface area contributed by atoms with E-state index < -0.39 is 5.60 Å². The molecular weight excluding hydrogens is 400 g/mol. The molecule has 0 aliphatic heterocycles. The Morgan fingerprint density at radius 1 is 1.20 bits per heavy atom. The molecule has 0 saturated heterocycles. The van der Waals surface area contributed by atoms with Crippen LogP contribution in [-0.4, -0.2) is 29.6 Å². The SMILES string of the molecule is CCC(CC)C(NC(=O)C1CCCC1)c1cccc(Cl)c1.CNC(=O)CC(C)(C)O. The Bertz CT molecular complexity index is 663. The van der Waals surface area contributed by atoms with Gasteiger partial charge in [-0.15, -0.1) is 0 Å². The third kappa shape index (κ3) is 9.48. The van der Waals surface area contributed by atoms with Gasteiger partial charge in [-0.1, -0.05) is 63.3 Å². The van der Waals surface area contributed by atoms with Crippen LogP contribution in [0.1, 0.15) is 84.2 Å². The van der Waals surface area contributed by atoms with Gasteiger partial charge in [0.2, 0.25) is 11.8 Å². The summed E-state index contributed by atoms with van der Waals surface area (Å²) in [6.45, 7) is 7.57. The lowest BCUT2D eigenvalue weighted by molar-refractivity contribution is -0.126. The molecule has 170 valence electrons. The summed E-state index contributed by atoms with van der Waals surface area (Å²) in [5.74, 6) is 0.752. The topological polar surface area (TPSA) is 78.4 Å². The summed E-state index contributed by atoms with van der Waals surface area (Å²) < 4.78 is 0. The zero-order valence-electron chi connectivity index (χ0n) is 19.1. The molecule has 0 radical (unpaired) electrons. The summed E-state index contributed by atoms with van der Waals surface area (Å²) in [6, 6.07) is 7.98. The number of hydrogen-bond acceptors (Lipinski definition) is 3. The number of hydrogen-bond donors (Lipinski definition) is 3. The van der Waals surface area contributed by atoms with Crippen LogP contribution in [0.15, 0.2) is 24.3 Å². The van der Waals surface area contributed by atoms with E-state index in [2.05, 4.69) is 30.5 Å². The van der Waals surface area contributed by atoms with Gasteiger partial charge in [0.05, 0.1) is 18.1 Å². The highest BCUT2D eigenvalue weighted by Crippen LogP contribution is 2.31. The number of halogens is 1. The van der Waals surface area contributed by atoms with Crippen molar-refractivity contribution in [1.82, 2.24) is 10.6 Å². The van der Waals surface area contributed by atoms with Crippen LogP contribution in [0.5, 0.6) is 0 Å². The van der Waals surface area contributed by atoms with Gasteiger partial charge in [0.25, 0.3) is 0 Å². The molecule has 1 fully saturated rings. The van der Waals surface area contributed by atoms with Crippen LogP contribution in [-0.2, 0) is 9.59 Å². The maximum Gasteiger partial charge on any atom is 0.223 e. The van der Waals surface area contributed by atoms with Gasteiger partial charge >= 0.3 is 0 Å². The second-order valence-electron chi connectivity index (χ2n) is 8.76. The first-order valence-electron chi connectivity index (χ1n) is 11.1. The number of carbonyl (C=O) groups is 2. The van der Waals surface area contributed by atoms with Crippen molar-refractivity contribution in [3.05, 3.63) is 34.9 Å². The Labute approximate surface area is 187 Å². The standard InChI is InChI=1S/C18H26ClNO.C6H13NO2/c1-3-13(4-2)17(15-10-7-11-16(19)12-15)20-18(21)14-8-5-6-9-14;1-6(2,9)4-5(8)7-3/h7,10-14,17H,3-6,8-9H2,1-2H3,(H,20,21);9H,4H2,1-3H3,(H,7,8). The van der Waals surface area contributed by atoms with Gasteiger partial charge in [-0.3, -0.25) is 9.59 Å². The normalized spacial score (nSPS) is 15.3. The summed E-state index contributed by atoms with van der Waals surface area (Å²) in [4.78, 5) is 23.1. The van der Waals surface area contributed by atoms with Crippen LogP contribution in [0, 0.1) is 11.8 Å². The van der Waals surface area contributed by atoms with Crippen molar-refractivity contribution < 1.29 is 14.7 Å². The van der Waals surface area contributed by atoms with Gasteiger partial charge in [0, 0.05) is 18.0 Å². The third-order valence-corrected chi connectivity index (χ3v) is 5.86. The highest BCUT2D eigenvalue weighted by Gasteiger charge is 2.28. The van der Waals surface area contributed by atoms with Gasteiger partial charge in [-0.25, -0.2) is 0 Å². The van der Waals surface area contributed by atoms with E-state index >= 15 is 0 Å². The Balaban J connectivity index is 0.000000424. The molecule has 1 atom stereocenters. The van der Waals surface area contributed by atoms with Crippen LogP contribution in [0.2, 0.25) is 5.02 Å². The van der Waals surface area contributed by atoms with Gasteiger partial charge in [0.15, 0.2) is 0 Å². The molecule has 1 unspecified atom stereocenters. The molecule has 0 bridgehead atoms. The van der Waals surface area contributed by atoms with Crippen molar-refractivity contribution in [2.45, 2.75) is 84.3 Å². The van der Waals surface area contributed by atoms with Crippen molar-refractivity contribution in [3.63, 3.8) is 0 Å². The lowest BCUT2D eigenvalue weighted by Gasteiger charge is -2.28. The van der Waals surface area contributed by atoms with Crippen LogP contribution >= 0.6 is 11.6 Å². The Kier molecular flexibility index (Phi) is 11.4. The minimum absolute atomic E-state index is 0.0757. The fourth-order valence-corrected chi connectivity index (χ4v) is 4.07. The first-order valence-corrected chi connectivity index (χ1v) is 11.5. The van der Waals surface area contributed by atoms with Gasteiger partial charge < -0.3 is 15.7 Å². The smallest absolute Gasteiger partial charge is 0.223 e. The zero-order valence-corrected chi connectivity index (χ0v) is 19.9. The molecular formula is C24H39ClN2O3. The second kappa shape index (κ2) is 13.0. The molecule has 30 heavy (non-hydrogen) atoms. The van der Waals surface area contributed by atoms with Crippen LogP contribution in [0.25, 0.3) is 0 Å². The monoisotopic (exact) mass is 438 g/mol. The van der Waals surface area contributed by atoms with E-state index in [0.29, 0.717) is 5.92 Å². The van der Waals surface area contributed by atoms with Crippen molar-refractivity contribution in [2.75, 3.05) is 7.05 Å². The number of carbonyl (C=O) groups excluding carboxylic acids is 2. The summed E-state index contributed by atoms with van der Waals surface area (Å²) in [5.41, 5.74) is 0.239. The minimum atomic E-state index is -0.889. The van der Waals surface area contributed by atoms with Crippen LogP contribution in [0.3, 0.4) is 0 Å². The molecule has 2 rings (SSSR count). The molecule has 0 aromatic heterocycles. The van der Waals surface area contributed by atoms with E-state index in [1.165, 1.54) is 12.8 Å². The Morgan fingerprint density at radius 2 is 1.80 bits per heavy atom. The molecule has 0 heterocycles. The van der Waals surface area contributed by atoms with E-state index in [-0.39, 0.29) is 30.2 Å². The average Bonchev–Trinajstić information content (AvgIpc) is 3.22.